The highest BCUT2D eigenvalue weighted by atomic mass is 79.9. The molecule has 1 saturated heterocycles. The molecule has 1 aromatic carbocycles. The maximum absolute atomic E-state index is 13.1. The predicted molar refractivity (Wildman–Crippen MR) is 68.4 cm³/mol. The summed E-state index contributed by atoms with van der Waals surface area (Å²) < 4.78 is 13.4. The van der Waals surface area contributed by atoms with E-state index in [-0.39, 0.29) is 11.7 Å². The fourth-order valence-corrected chi connectivity index (χ4v) is 2.54. The molecule has 4 heteroatoms. The highest BCUT2D eigenvalue weighted by Crippen LogP contribution is 2.23. The lowest BCUT2D eigenvalue weighted by Crippen LogP contribution is -2.28. The fourth-order valence-electron chi connectivity index (χ4n) is 2.16. The number of hydrogen-bond donors (Lipinski definition) is 0. The Morgan fingerprint density at radius 1 is 1.59 bits per heavy atom. The topological polar surface area (TPSA) is 20.3 Å². The van der Waals surface area contributed by atoms with Gasteiger partial charge in [-0.15, -0.1) is 0 Å². The predicted octanol–water partition coefficient (Wildman–Crippen LogP) is 3.46. The molecule has 1 amide bonds. The van der Waals surface area contributed by atoms with Gasteiger partial charge in [0.2, 0.25) is 0 Å². The van der Waals surface area contributed by atoms with Crippen molar-refractivity contribution in [2.75, 3.05) is 13.1 Å². The van der Waals surface area contributed by atoms with Gasteiger partial charge in [-0.2, -0.15) is 0 Å². The van der Waals surface area contributed by atoms with E-state index >= 15 is 0 Å². The molecule has 0 bridgehead atoms. The summed E-state index contributed by atoms with van der Waals surface area (Å²) in [6.45, 7) is 3.78. The van der Waals surface area contributed by atoms with E-state index in [0.717, 1.165) is 25.9 Å². The van der Waals surface area contributed by atoms with Crippen LogP contribution >= 0.6 is 15.9 Å². The molecule has 0 saturated carbocycles. The van der Waals surface area contributed by atoms with Crippen LogP contribution in [0.5, 0.6) is 0 Å². The molecule has 1 atom stereocenters. The van der Waals surface area contributed by atoms with Crippen molar-refractivity contribution < 1.29 is 9.18 Å². The van der Waals surface area contributed by atoms with Crippen LogP contribution in [0.15, 0.2) is 22.7 Å². The number of hydrogen-bond acceptors (Lipinski definition) is 1. The van der Waals surface area contributed by atoms with Gasteiger partial charge in [0, 0.05) is 18.7 Å². The summed E-state index contributed by atoms with van der Waals surface area (Å²) in [4.78, 5) is 14.0. The van der Waals surface area contributed by atoms with Gasteiger partial charge in [0.05, 0.1) is 4.47 Å². The summed E-state index contributed by atoms with van der Waals surface area (Å²) in [7, 11) is 0. The molecule has 92 valence electrons. The van der Waals surface area contributed by atoms with Gasteiger partial charge in [-0.3, -0.25) is 4.79 Å². The minimum Gasteiger partial charge on any atom is -0.338 e. The number of benzene rings is 1. The smallest absolute Gasteiger partial charge is 0.253 e. The molecule has 2 rings (SSSR count). The van der Waals surface area contributed by atoms with Gasteiger partial charge in [0.1, 0.15) is 5.82 Å². The first-order valence-electron chi connectivity index (χ1n) is 5.86. The quantitative estimate of drug-likeness (QED) is 0.819. The lowest BCUT2D eigenvalue weighted by Gasteiger charge is -2.16. The average molecular weight is 300 g/mol. The summed E-state index contributed by atoms with van der Waals surface area (Å²) >= 11 is 3.10. The average Bonchev–Trinajstić information content (AvgIpc) is 2.80. The van der Waals surface area contributed by atoms with Crippen LogP contribution < -0.4 is 0 Å². The number of amides is 1. The maximum Gasteiger partial charge on any atom is 0.253 e. The van der Waals surface area contributed by atoms with Crippen molar-refractivity contribution in [1.82, 2.24) is 4.90 Å². The van der Waals surface area contributed by atoms with Crippen LogP contribution in [0.25, 0.3) is 0 Å². The Hall–Kier alpha value is -0.900. The van der Waals surface area contributed by atoms with Crippen LogP contribution in [-0.2, 0) is 0 Å². The molecule has 0 N–H and O–H groups in total. The summed E-state index contributed by atoms with van der Waals surface area (Å²) in [5.74, 6) is 0.277. The van der Waals surface area contributed by atoms with Crippen molar-refractivity contribution in [2.24, 2.45) is 5.92 Å². The van der Waals surface area contributed by atoms with Crippen molar-refractivity contribution in [3.05, 3.63) is 34.1 Å². The van der Waals surface area contributed by atoms with Crippen LogP contribution in [0.3, 0.4) is 0 Å². The summed E-state index contributed by atoms with van der Waals surface area (Å²) in [5, 5.41) is 0. The molecular formula is C13H15BrFNO. The van der Waals surface area contributed by atoms with Gasteiger partial charge in [0.15, 0.2) is 0 Å². The van der Waals surface area contributed by atoms with Gasteiger partial charge >= 0.3 is 0 Å². The van der Waals surface area contributed by atoms with E-state index in [1.54, 1.807) is 12.1 Å². The Balaban J connectivity index is 2.12. The zero-order chi connectivity index (χ0) is 12.4. The summed E-state index contributed by atoms with van der Waals surface area (Å²) in [6, 6.07) is 4.42. The number of likely N-dealkylation sites (tertiary alicyclic amines) is 1. The first-order chi connectivity index (χ1) is 8.11. The Morgan fingerprint density at radius 3 is 2.94 bits per heavy atom. The lowest BCUT2D eigenvalue weighted by atomic mass is 10.1. The molecule has 1 unspecified atom stereocenters. The van der Waals surface area contributed by atoms with Crippen LogP contribution in [0.1, 0.15) is 30.1 Å². The Morgan fingerprint density at radius 2 is 2.35 bits per heavy atom. The number of nitrogens with zero attached hydrogens (tertiary/aromatic N) is 1. The van der Waals surface area contributed by atoms with E-state index in [1.807, 2.05) is 4.90 Å². The van der Waals surface area contributed by atoms with Gasteiger partial charge in [-0.05, 0) is 46.5 Å². The molecule has 17 heavy (non-hydrogen) atoms. The minimum atomic E-state index is -0.339. The van der Waals surface area contributed by atoms with Crippen LogP contribution in [-0.4, -0.2) is 23.9 Å². The second kappa shape index (κ2) is 5.17. The fraction of sp³-hybridized carbons (Fsp3) is 0.462. The van der Waals surface area contributed by atoms with E-state index in [2.05, 4.69) is 22.9 Å². The van der Waals surface area contributed by atoms with E-state index < -0.39 is 0 Å². The first kappa shape index (κ1) is 12.6. The SMILES string of the molecule is CCC1CCN(C(=O)c2ccc(F)c(Br)c2)C1. The maximum atomic E-state index is 13.1. The molecule has 2 nitrogen and oxygen atoms in total. The Labute approximate surface area is 109 Å². The second-order valence-electron chi connectivity index (χ2n) is 4.44. The first-order valence-corrected chi connectivity index (χ1v) is 6.65. The minimum absolute atomic E-state index is 0.00153. The normalized spacial score (nSPS) is 19.7. The Kier molecular flexibility index (Phi) is 3.82. The van der Waals surface area contributed by atoms with Crippen LogP contribution in [0, 0.1) is 11.7 Å². The largest absolute Gasteiger partial charge is 0.338 e. The number of carbonyl (C=O) groups excluding carboxylic acids is 1. The number of rotatable bonds is 2. The van der Waals surface area contributed by atoms with Gasteiger partial charge in [-0.1, -0.05) is 13.3 Å². The molecule has 1 heterocycles. The number of halogens is 2. The monoisotopic (exact) mass is 299 g/mol. The molecule has 1 aliphatic heterocycles. The summed E-state index contributed by atoms with van der Waals surface area (Å²) in [6.07, 6.45) is 2.18. The van der Waals surface area contributed by atoms with Crippen molar-refractivity contribution >= 4 is 21.8 Å². The van der Waals surface area contributed by atoms with Crippen LogP contribution in [0.4, 0.5) is 4.39 Å². The van der Waals surface area contributed by atoms with Gasteiger partial charge in [-0.25, -0.2) is 4.39 Å². The standard InChI is InChI=1S/C13H15BrFNO/c1-2-9-5-6-16(8-9)13(17)10-3-4-12(15)11(14)7-10/h3-4,7,9H,2,5-6,8H2,1H3. The summed E-state index contributed by atoms with van der Waals surface area (Å²) in [5.41, 5.74) is 0.551. The molecule has 0 aromatic heterocycles. The third-order valence-electron chi connectivity index (χ3n) is 3.32. The van der Waals surface area contributed by atoms with E-state index in [1.165, 1.54) is 6.07 Å². The molecule has 1 aliphatic rings. The van der Waals surface area contributed by atoms with Crippen LogP contribution in [0.2, 0.25) is 0 Å². The lowest BCUT2D eigenvalue weighted by molar-refractivity contribution is 0.0787. The molecule has 0 radical (unpaired) electrons. The van der Waals surface area contributed by atoms with Crippen molar-refractivity contribution in [2.45, 2.75) is 19.8 Å². The van der Waals surface area contributed by atoms with Crippen molar-refractivity contribution in [1.29, 1.82) is 0 Å². The highest BCUT2D eigenvalue weighted by molar-refractivity contribution is 9.10. The van der Waals surface area contributed by atoms with Crippen molar-refractivity contribution in [3.63, 3.8) is 0 Å². The van der Waals surface area contributed by atoms with Gasteiger partial charge < -0.3 is 4.90 Å². The Bertz CT molecular complexity index is 435. The van der Waals surface area contributed by atoms with E-state index in [4.69, 9.17) is 0 Å². The van der Waals surface area contributed by atoms with Gasteiger partial charge in [0.25, 0.3) is 5.91 Å². The molecular weight excluding hydrogens is 285 g/mol. The molecule has 1 fully saturated rings. The zero-order valence-electron chi connectivity index (χ0n) is 9.75. The molecule has 0 aliphatic carbocycles. The number of carbonyl (C=O) groups is 1. The van der Waals surface area contributed by atoms with E-state index in [9.17, 15) is 9.18 Å². The molecule has 1 aromatic rings. The zero-order valence-corrected chi connectivity index (χ0v) is 11.3. The van der Waals surface area contributed by atoms with Crippen molar-refractivity contribution in [3.8, 4) is 0 Å². The highest BCUT2D eigenvalue weighted by Gasteiger charge is 2.25. The second-order valence-corrected chi connectivity index (χ2v) is 5.30. The molecule has 0 spiro atoms. The third-order valence-corrected chi connectivity index (χ3v) is 3.92. The third kappa shape index (κ3) is 2.68. The van der Waals surface area contributed by atoms with E-state index in [0.29, 0.717) is 16.0 Å².